The topological polar surface area (TPSA) is 21.3 Å². The second-order valence-electron chi connectivity index (χ2n) is 4.38. The molecule has 0 aliphatic rings. The van der Waals surface area contributed by atoms with Crippen molar-refractivity contribution in [3.8, 4) is 5.75 Å². The first-order valence-electron chi connectivity index (χ1n) is 6.11. The zero-order chi connectivity index (χ0) is 13.0. The first-order valence-corrected chi connectivity index (χ1v) is 6.99. The van der Waals surface area contributed by atoms with Crippen molar-refractivity contribution in [2.75, 3.05) is 7.11 Å². The van der Waals surface area contributed by atoms with E-state index in [4.69, 9.17) is 4.74 Å². The maximum atomic E-state index is 5.35. The number of benzene rings is 1. The molecule has 1 atom stereocenters. The first-order chi connectivity index (χ1) is 8.72. The molecule has 0 aliphatic carbocycles. The van der Waals surface area contributed by atoms with Gasteiger partial charge in [0.2, 0.25) is 0 Å². The van der Waals surface area contributed by atoms with Gasteiger partial charge in [0.1, 0.15) is 5.75 Å². The molecule has 0 fully saturated rings. The highest BCUT2D eigenvalue weighted by molar-refractivity contribution is 7.10. The molecule has 0 bridgehead atoms. The zero-order valence-corrected chi connectivity index (χ0v) is 11.9. The Kier molecular flexibility index (Phi) is 4.39. The summed E-state index contributed by atoms with van der Waals surface area (Å²) in [5.41, 5.74) is 2.56. The summed E-state index contributed by atoms with van der Waals surface area (Å²) < 4.78 is 5.35. The van der Waals surface area contributed by atoms with Crippen molar-refractivity contribution in [3.05, 3.63) is 51.7 Å². The lowest BCUT2D eigenvalue weighted by atomic mass is 10.1. The Morgan fingerprint density at radius 1 is 1.28 bits per heavy atom. The molecule has 2 nitrogen and oxygen atoms in total. The molecule has 18 heavy (non-hydrogen) atoms. The molecule has 1 heterocycles. The minimum atomic E-state index is 0.370. The minimum Gasteiger partial charge on any atom is -0.496 e. The summed E-state index contributed by atoms with van der Waals surface area (Å²) in [7, 11) is 1.71. The largest absolute Gasteiger partial charge is 0.496 e. The Hall–Kier alpha value is -1.32. The fourth-order valence-electron chi connectivity index (χ4n) is 2.03. The summed E-state index contributed by atoms with van der Waals surface area (Å²) in [6.07, 6.45) is 0. The average Bonchev–Trinajstić information content (AvgIpc) is 2.82. The molecule has 1 N–H and O–H groups in total. The van der Waals surface area contributed by atoms with Gasteiger partial charge in [0.15, 0.2) is 0 Å². The summed E-state index contributed by atoms with van der Waals surface area (Å²) >= 11 is 1.81. The Balaban J connectivity index is 2.01. The molecule has 1 aromatic heterocycles. The molecule has 96 valence electrons. The molecule has 0 saturated carbocycles. The van der Waals surface area contributed by atoms with E-state index in [9.17, 15) is 0 Å². The lowest BCUT2D eigenvalue weighted by molar-refractivity contribution is 0.406. The van der Waals surface area contributed by atoms with E-state index >= 15 is 0 Å². The smallest absolute Gasteiger partial charge is 0.123 e. The highest BCUT2D eigenvalue weighted by atomic mass is 32.1. The molecular formula is C15H19NOS. The number of para-hydroxylation sites is 1. The van der Waals surface area contributed by atoms with Crippen molar-refractivity contribution in [3.63, 3.8) is 0 Å². The summed E-state index contributed by atoms with van der Waals surface area (Å²) in [6.45, 7) is 5.18. The monoisotopic (exact) mass is 261 g/mol. The lowest BCUT2D eigenvalue weighted by Crippen LogP contribution is -2.18. The van der Waals surface area contributed by atoms with E-state index in [1.807, 2.05) is 29.5 Å². The first kappa shape index (κ1) is 13.1. The van der Waals surface area contributed by atoms with E-state index in [1.54, 1.807) is 7.11 Å². The van der Waals surface area contributed by atoms with E-state index in [0.29, 0.717) is 6.04 Å². The number of ether oxygens (including phenoxy) is 1. The van der Waals surface area contributed by atoms with Crippen molar-refractivity contribution in [1.82, 2.24) is 5.32 Å². The number of methoxy groups -OCH3 is 1. The summed E-state index contributed by atoms with van der Waals surface area (Å²) in [6, 6.07) is 10.7. The van der Waals surface area contributed by atoms with Crippen LogP contribution in [0.3, 0.4) is 0 Å². The summed E-state index contributed by atoms with van der Waals surface area (Å²) in [4.78, 5) is 1.41. The Bertz CT molecular complexity index is 507. The Labute approximate surface area is 113 Å². The third-order valence-electron chi connectivity index (χ3n) is 3.09. The molecule has 1 aromatic carbocycles. The van der Waals surface area contributed by atoms with Crippen LogP contribution in [0.5, 0.6) is 5.75 Å². The predicted molar refractivity (Wildman–Crippen MR) is 77.3 cm³/mol. The van der Waals surface area contributed by atoms with E-state index < -0.39 is 0 Å². The molecule has 1 unspecified atom stereocenters. The molecule has 2 rings (SSSR count). The molecule has 0 radical (unpaired) electrons. The van der Waals surface area contributed by atoms with Gasteiger partial charge in [-0.1, -0.05) is 18.2 Å². The van der Waals surface area contributed by atoms with E-state index in [0.717, 1.165) is 12.3 Å². The second-order valence-corrected chi connectivity index (χ2v) is 5.33. The van der Waals surface area contributed by atoms with Gasteiger partial charge >= 0.3 is 0 Å². The number of rotatable bonds is 5. The summed E-state index contributed by atoms with van der Waals surface area (Å²) in [5.74, 6) is 0.945. The number of aryl methyl sites for hydroxylation is 1. The van der Waals surface area contributed by atoms with Crippen LogP contribution in [0.2, 0.25) is 0 Å². The maximum Gasteiger partial charge on any atom is 0.123 e. The molecule has 2 aromatic rings. The molecule has 3 heteroatoms. The standard InChI is InChI=1S/C15H19NOS/c1-11-8-9-18-15(11)12(2)16-10-13-6-4-5-7-14(13)17-3/h4-9,12,16H,10H2,1-3H3. The molecule has 0 aliphatic heterocycles. The van der Waals surface area contributed by atoms with Gasteiger partial charge in [0.05, 0.1) is 7.11 Å². The molecule has 0 saturated heterocycles. The van der Waals surface area contributed by atoms with Crippen LogP contribution in [-0.2, 0) is 6.54 Å². The van der Waals surface area contributed by atoms with Crippen molar-refractivity contribution < 1.29 is 4.74 Å². The normalized spacial score (nSPS) is 12.4. The zero-order valence-electron chi connectivity index (χ0n) is 11.1. The third kappa shape index (κ3) is 2.92. The molecular weight excluding hydrogens is 242 g/mol. The van der Waals surface area contributed by atoms with Crippen LogP contribution in [0.4, 0.5) is 0 Å². The van der Waals surface area contributed by atoms with Crippen LogP contribution >= 0.6 is 11.3 Å². The molecule has 0 spiro atoms. The van der Waals surface area contributed by atoms with Crippen LogP contribution < -0.4 is 10.1 Å². The predicted octanol–water partition coefficient (Wildman–Crippen LogP) is 3.92. The van der Waals surface area contributed by atoms with Crippen LogP contribution in [0.25, 0.3) is 0 Å². The fourth-order valence-corrected chi connectivity index (χ4v) is 2.99. The van der Waals surface area contributed by atoms with Gasteiger partial charge in [-0.2, -0.15) is 0 Å². The van der Waals surface area contributed by atoms with Crippen LogP contribution in [0, 0.1) is 6.92 Å². The van der Waals surface area contributed by atoms with Gasteiger partial charge < -0.3 is 10.1 Å². The highest BCUT2D eigenvalue weighted by Gasteiger charge is 2.10. The SMILES string of the molecule is COc1ccccc1CNC(C)c1sccc1C. The van der Waals surface area contributed by atoms with Crippen LogP contribution in [0.15, 0.2) is 35.7 Å². The van der Waals surface area contributed by atoms with E-state index in [1.165, 1.54) is 16.0 Å². The number of nitrogens with one attached hydrogen (secondary N) is 1. The van der Waals surface area contributed by atoms with Gasteiger partial charge in [-0.05, 0) is 36.9 Å². The van der Waals surface area contributed by atoms with Crippen molar-refractivity contribution >= 4 is 11.3 Å². The highest BCUT2D eigenvalue weighted by Crippen LogP contribution is 2.24. The van der Waals surface area contributed by atoms with Crippen molar-refractivity contribution in [1.29, 1.82) is 0 Å². The number of thiophene rings is 1. The summed E-state index contributed by atoms with van der Waals surface area (Å²) in [5, 5.41) is 5.69. The molecule has 0 amide bonds. The van der Waals surface area contributed by atoms with Crippen molar-refractivity contribution in [2.24, 2.45) is 0 Å². The van der Waals surface area contributed by atoms with Crippen LogP contribution in [0.1, 0.15) is 29.0 Å². The van der Waals surface area contributed by atoms with Crippen LogP contribution in [-0.4, -0.2) is 7.11 Å². The minimum absolute atomic E-state index is 0.370. The van der Waals surface area contributed by atoms with E-state index in [-0.39, 0.29) is 0 Å². The van der Waals surface area contributed by atoms with Gasteiger partial charge in [0, 0.05) is 23.0 Å². The fraction of sp³-hybridized carbons (Fsp3) is 0.333. The van der Waals surface area contributed by atoms with Gasteiger partial charge in [-0.15, -0.1) is 11.3 Å². The van der Waals surface area contributed by atoms with Gasteiger partial charge in [-0.25, -0.2) is 0 Å². The lowest BCUT2D eigenvalue weighted by Gasteiger charge is -2.15. The Morgan fingerprint density at radius 3 is 2.72 bits per heavy atom. The average molecular weight is 261 g/mol. The maximum absolute atomic E-state index is 5.35. The number of hydrogen-bond acceptors (Lipinski definition) is 3. The number of hydrogen-bond donors (Lipinski definition) is 1. The van der Waals surface area contributed by atoms with Gasteiger partial charge in [0.25, 0.3) is 0 Å². The quantitative estimate of drug-likeness (QED) is 0.881. The second kappa shape index (κ2) is 6.03. The van der Waals surface area contributed by atoms with Gasteiger partial charge in [-0.3, -0.25) is 0 Å². The Morgan fingerprint density at radius 2 is 2.06 bits per heavy atom. The van der Waals surface area contributed by atoms with E-state index in [2.05, 4.69) is 36.7 Å². The van der Waals surface area contributed by atoms with Crippen molar-refractivity contribution in [2.45, 2.75) is 26.4 Å². The third-order valence-corrected chi connectivity index (χ3v) is 4.29.